The molecule has 0 aromatic heterocycles. The summed E-state index contributed by atoms with van der Waals surface area (Å²) in [5.41, 5.74) is 1.01. The number of allylic oxidation sites excluding steroid dienone is 3. The third-order valence-corrected chi connectivity index (χ3v) is 1.08. The van der Waals surface area contributed by atoms with Crippen molar-refractivity contribution in [3.05, 3.63) is 37.0 Å². The van der Waals surface area contributed by atoms with Gasteiger partial charge in [-0.1, -0.05) is 31.4 Å². The summed E-state index contributed by atoms with van der Waals surface area (Å²) in [6, 6.07) is 0. The Morgan fingerprint density at radius 2 is 2.25 bits per heavy atom. The van der Waals surface area contributed by atoms with Gasteiger partial charge in [0.05, 0.1) is 0 Å². The van der Waals surface area contributed by atoms with Crippen LogP contribution in [0, 0.1) is 0 Å². The molecule has 0 aromatic carbocycles. The van der Waals surface area contributed by atoms with E-state index in [1.165, 1.54) is 0 Å². The summed E-state index contributed by atoms with van der Waals surface area (Å²) >= 11 is 4.00. The maximum Gasteiger partial charge on any atom is 0.0148 e. The van der Waals surface area contributed by atoms with Crippen molar-refractivity contribution in [3.63, 3.8) is 0 Å². The lowest BCUT2D eigenvalue weighted by molar-refractivity contribution is 1.60. The van der Waals surface area contributed by atoms with Gasteiger partial charge in [-0.15, -0.1) is 0 Å². The predicted molar refractivity (Wildman–Crippen MR) is 42.3 cm³/mol. The second-order valence-corrected chi connectivity index (χ2v) is 1.73. The van der Waals surface area contributed by atoms with Crippen molar-refractivity contribution in [2.45, 2.75) is 0 Å². The highest BCUT2D eigenvalue weighted by molar-refractivity contribution is 7.80. The molecule has 0 radical (unpaired) electrons. The second-order valence-electron chi connectivity index (χ2n) is 1.41. The van der Waals surface area contributed by atoms with Gasteiger partial charge in [0, 0.05) is 5.75 Å². The van der Waals surface area contributed by atoms with Gasteiger partial charge in [-0.3, -0.25) is 0 Å². The van der Waals surface area contributed by atoms with E-state index in [0.717, 1.165) is 5.57 Å². The molecule has 0 fully saturated rings. The van der Waals surface area contributed by atoms with Gasteiger partial charge >= 0.3 is 0 Å². The maximum atomic E-state index is 4.00. The summed E-state index contributed by atoms with van der Waals surface area (Å²) in [4.78, 5) is 0. The first kappa shape index (κ1) is 7.57. The average molecular weight is 126 g/mol. The van der Waals surface area contributed by atoms with Gasteiger partial charge in [-0.2, -0.15) is 12.6 Å². The van der Waals surface area contributed by atoms with Crippen LogP contribution in [0.1, 0.15) is 0 Å². The lowest BCUT2D eigenvalue weighted by Crippen LogP contribution is -1.71. The summed E-state index contributed by atoms with van der Waals surface area (Å²) < 4.78 is 0. The summed E-state index contributed by atoms with van der Waals surface area (Å²) in [6.07, 6.45) is 5.45. The van der Waals surface area contributed by atoms with E-state index in [1.54, 1.807) is 6.08 Å². The molecule has 8 heavy (non-hydrogen) atoms. The zero-order valence-electron chi connectivity index (χ0n) is 4.80. The van der Waals surface area contributed by atoms with E-state index < -0.39 is 0 Å². The Labute approximate surface area is 56.0 Å². The first-order chi connectivity index (χ1) is 3.81. The van der Waals surface area contributed by atoms with Crippen molar-refractivity contribution in [1.82, 2.24) is 0 Å². The minimum absolute atomic E-state index is 0.713. The van der Waals surface area contributed by atoms with Crippen LogP contribution >= 0.6 is 12.6 Å². The lowest BCUT2D eigenvalue weighted by Gasteiger charge is -1.85. The number of hydrogen-bond acceptors (Lipinski definition) is 1. The summed E-state index contributed by atoms with van der Waals surface area (Å²) in [5.74, 6) is 0.713. The highest BCUT2D eigenvalue weighted by Gasteiger charge is 1.76. The predicted octanol–water partition coefficient (Wildman–Crippen LogP) is 2.21. The summed E-state index contributed by atoms with van der Waals surface area (Å²) in [7, 11) is 0. The van der Waals surface area contributed by atoms with Crippen molar-refractivity contribution in [2.75, 3.05) is 5.75 Å². The molecular formula is C7H10S. The Morgan fingerprint density at radius 3 is 2.62 bits per heavy atom. The molecule has 0 unspecified atom stereocenters. The molecule has 0 aliphatic rings. The number of thiol groups is 1. The van der Waals surface area contributed by atoms with Crippen molar-refractivity contribution >= 4 is 12.6 Å². The molecule has 0 amide bonds. The largest absolute Gasteiger partial charge is 0.175 e. The Hall–Kier alpha value is -0.430. The molecule has 44 valence electrons. The van der Waals surface area contributed by atoms with Crippen LogP contribution in [0.25, 0.3) is 0 Å². The molecule has 0 spiro atoms. The molecule has 0 aromatic rings. The van der Waals surface area contributed by atoms with Crippen LogP contribution in [0.15, 0.2) is 37.0 Å². The Morgan fingerprint density at radius 1 is 1.62 bits per heavy atom. The molecule has 1 heteroatoms. The normalized spacial score (nSPS) is 9.62. The standard InChI is InChI=1S/C7H10S/c1-3-4-5-7(2)6-8/h3-5,8H,1-2,6H2/b5-4-. The van der Waals surface area contributed by atoms with Gasteiger partial charge in [-0.25, -0.2) is 0 Å². The van der Waals surface area contributed by atoms with E-state index >= 15 is 0 Å². The molecule has 0 atom stereocenters. The zero-order valence-corrected chi connectivity index (χ0v) is 5.70. The van der Waals surface area contributed by atoms with Crippen molar-refractivity contribution < 1.29 is 0 Å². The fraction of sp³-hybridized carbons (Fsp3) is 0.143. The molecule has 0 saturated heterocycles. The van der Waals surface area contributed by atoms with E-state index in [1.807, 2.05) is 12.2 Å². The van der Waals surface area contributed by atoms with Crippen LogP contribution in [0.3, 0.4) is 0 Å². The molecule has 0 saturated carbocycles. The molecule has 0 heterocycles. The van der Waals surface area contributed by atoms with Crippen LogP contribution in [-0.4, -0.2) is 5.75 Å². The van der Waals surface area contributed by atoms with Crippen LogP contribution in [0.2, 0.25) is 0 Å². The van der Waals surface area contributed by atoms with Crippen LogP contribution in [0.4, 0.5) is 0 Å². The third kappa shape index (κ3) is 3.75. The smallest absolute Gasteiger partial charge is 0.0148 e. The van der Waals surface area contributed by atoms with Gasteiger partial charge in [-0.05, 0) is 5.57 Å². The molecule has 0 bridgehead atoms. The minimum Gasteiger partial charge on any atom is -0.175 e. The fourth-order valence-electron chi connectivity index (χ4n) is 0.257. The van der Waals surface area contributed by atoms with Gasteiger partial charge < -0.3 is 0 Å². The fourth-order valence-corrected chi connectivity index (χ4v) is 0.362. The SMILES string of the molecule is C=C/C=C\C(=C)CS. The molecule has 0 aliphatic heterocycles. The van der Waals surface area contributed by atoms with E-state index in [4.69, 9.17) is 0 Å². The quantitative estimate of drug-likeness (QED) is 0.435. The van der Waals surface area contributed by atoms with Gasteiger partial charge in [0.2, 0.25) is 0 Å². The van der Waals surface area contributed by atoms with Crippen LogP contribution < -0.4 is 0 Å². The van der Waals surface area contributed by atoms with Gasteiger partial charge in [0.1, 0.15) is 0 Å². The third-order valence-electron chi connectivity index (χ3n) is 0.671. The lowest BCUT2D eigenvalue weighted by atomic mass is 10.3. The first-order valence-corrected chi connectivity index (χ1v) is 3.02. The van der Waals surface area contributed by atoms with E-state index in [-0.39, 0.29) is 0 Å². The first-order valence-electron chi connectivity index (χ1n) is 2.39. The van der Waals surface area contributed by atoms with E-state index in [2.05, 4.69) is 25.8 Å². The zero-order chi connectivity index (χ0) is 6.41. The molecule has 0 rings (SSSR count). The molecular weight excluding hydrogens is 116 g/mol. The summed E-state index contributed by atoms with van der Waals surface area (Å²) in [5, 5.41) is 0. The monoisotopic (exact) mass is 126 g/mol. The number of rotatable bonds is 3. The van der Waals surface area contributed by atoms with Crippen LogP contribution in [0.5, 0.6) is 0 Å². The molecule has 0 aliphatic carbocycles. The van der Waals surface area contributed by atoms with Crippen molar-refractivity contribution in [3.8, 4) is 0 Å². The summed E-state index contributed by atoms with van der Waals surface area (Å²) in [6.45, 7) is 7.21. The van der Waals surface area contributed by atoms with Crippen molar-refractivity contribution in [1.29, 1.82) is 0 Å². The van der Waals surface area contributed by atoms with Crippen LogP contribution in [-0.2, 0) is 0 Å². The maximum absolute atomic E-state index is 4.00. The number of hydrogen-bond donors (Lipinski definition) is 1. The van der Waals surface area contributed by atoms with E-state index in [0.29, 0.717) is 5.75 Å². The highest BCUT2D eigenvalue weighted by atomic mass is 32.1. The van der Waals surface area contributed by atoms with Gasteiger partial charge in [0.25, 0.3) is 0 Å². The van der Waals surface area contributed by atoms with Crippen molar-refractivity contribution in [2.24, 2.45) is 0 Å². The molecule has 0 N–H and O–H groups in total. The molecule has 0 nitrogen and oxygen atoms in total. The Balaban J connectivity index is 3.52. The minimum atomic E-state index is 0.713. The Bertz CT molecular complexity index is 112. The Kier molecular flexibility index (Phi) is 4.47. The average Bonchev–Trinajstić information content (AvgIpc) is 1.83. The topological polar surface area (TPSA) is 0 Å². The van der Waals surface area contributed by atoms with E-state index in [9.17, 15) is 0 Å². The van der Waals surface area contributed by atoms with Gasteiger partial charge in [0.15, 0.2) is 0 Å². The highest BCUT2D eigenvalue weighted by Crippen LogP contribution is 1.93. The second kappa shape index (κ2) is 4.72.